The van der Waals surface area contributed by atoms with Crippen LogP contribution in [-0.2, 0) is 14.4 Å². The predicted octanol–water partition coefficient (Wildman–Crippen LogP) is 3.76. The molecule has 6 heteroatoms. The summed E-state index contributed by atoms with van der Waals surface area (Å²) in [7, 11) is 0. The Morgan fingerprint density at radius 1 is 1.33 bits per heavy atom. The van der Waals surface area contributed by atoms with Crippen LogP contribution in [0.5, 0.6) is 0 Å². The van der Waals surface area contributed by atoms with Crippen molar-refractivity contribution in [3.8, 4) is 0 Å². The second-order valence-electron chi connectivity index (χ2n) is 7.50. The molecule has 0 aromatic heterocycles. The van der Waals surface area contributed by atoms with Crippen LogP contribution in [-0.4, -0.2) is 48.9 Å². The van der Waals surface area contributed by atoms with Gasteiger partial charge in [0.15, 0.2) is 0 Å². The third-order valence-electron chi connectivity index (χ3n) is 5.60. The number of nitrogens with zero attached hydrogens (tertiary/aromatic N) is 2. The van der Waals surface area contributed by atoms with E-state index < -0.39 is 5.41 Å². The molecule has 1 saturated heterocycles. The molecule has 0 unspecified atom stereocenters. The molecular formula is C21H29FN2O3. The smallest absolute Gasteiger partial charge is 0.312 e. The zero-order valence-corrected chi connectivity index (χ0v) is 16.2. The third kappa shape index (κ3) is 4.49. The standard InChI is InChI=1S/C21H29FN2O3/c1-3-11-24-12-9-21(10-13-24,20(25)26-4-2)15-16-14-19(23-27-16)17-7-5-6-8-18(17)22/h5-8,16H,3-4,9-15H2,1-2H3/t16-/m1/s1. The second kappa shape index (κ2) is 8.83. The maximum absolute atomic E-state index is 14.0. The summed E-state index contributed by atoms with van der Waals surface area (Å²) in [4.78, 5) is 20.8. The van der Waals surface area contributed by atoms with Crippen molar-refractivity contribution >= 4 is 11.7 Å². The number of ether oxygens (including phenoxy) is 1. The van der Waals surface area contributed by atoms with Crippen molar-refractivity contribution < 1.29 is 18.8 Å². The van der Waals surface area contributed by atoms with Crippen molar-refractivity contribution in [1.82, 2.24) is 4.90 Å². The Morgan fingerprint density at radius 2 is 2.07 bits per heavy atom. The first-order chi connectivity index (χ1) is 13.1. The summed E-state index contributed by atoms with van der Waals surface area (Å²) in [6, 6.07) is 6.59. The van der Waals surface area contributed by atoms with E-state index in [0.717, 1.165) is 38.9 Å². The molecule has 0 N–H and O–H groups in total. The first kappa shape index (κ1) is 19.8. The van der Waals surface area contributed by atoms with Crippen molar-refractivity contribution in [1.29, 1.82) is 0 Å². The van der Waals surface area contributed by atoms with Crippen LogP contribution in [0.2, 0.25) is 0 Å². The Morgan fingerprint density at radius 3 is 2.74 bits per heavy atom. The van der Waals surface area contributed by atoms with Gasteiger partial charge in [0.1, 0.15) is 11.9 Å². The van der Waals surface area contributed by atoms with Gasteiger partial charge in [0.05, 0.1) is 17.7 Å². The lowest BCUT2D eigenvalue weighted by molar-refractivity contribution is -0.161. The van der Waals surface area contributed by atoms with Crippen LogP contribution in [0.25, 0.3) is 0 Å². The summed E-state index contributed by atoms with van der Waals surface area (Å²) in [5.74, 6) is -0.433. The molecular weight excluding hydrogens is 347 g/mol. The molecule has 5 nitrogen and oxygen atoms in total. The molecule has 1 aromatic carbocycles. The van der Waals surface area contributed by atoms with E-state index in [2.05, 4.69) is 17.0 Å². The molecule has 0 spiro atoms. The highest BCUT2D eigenvalue weighted by molar-refractivity contribution is 6.01. The molecule has 2 aliphatic heterocycles. The van der Waals surface area contributed by atoms with Crippen molar-refractivity contribution in [2.45, 2.75) is 52.1 Å². The van der Waals surface area contributed by atoms with E-state index in [4.69, 9.17) is 9.57 Å². The summed E-state index contributed by atoms with van der Waals surface area (Å²) >= 11 is 0. The van der Waals surface area contributed by atoms with Gasteiger partial charge in [0, 0.05) is 18.4 Å². The molecule has 0 amide bonds. The highest BCUT2D eigenvalue weighted by Gasteiger charge is 2.45. The normalized spacial score (nSPS) is 22.2. The van der Waals surface area contributed by atoms with Gasteiger partial charge >= 0.3 is 5.97 Å². The average molecular weight is 376 g/mol. The topological polar surface area (TPSA) is 51.1 Å². The van der Waals surface area contributed by atoms with Gasteiger partial charge in [-0.1, -0.05) is 30.3 Å². The first-order valence-electron chi connectivity index (χ1n) is 9.95. The van der Waals surface area contributed by atoms with E-state index in [1.165, 1.54) is 6.07 Å². The van der Waals surface area contributed by atoms with Gasteiger partial charge < -0.3 is 14.5 Å². The molecule has 0 bridgehead atoms. The predicted molar refractivity (Wildman–Crippen MR) is 102 cm³/mol. The number of piperidine rings is 1. The Bertz CT molecular complexity index is 684. The molecule has 0 radical (unpaired) electrons. The average Bonchev–Trinajstić information content (AvgIpc) is 3.12. The molecule has 2 heterocycles. The minimum absolute atomic E-state index is 0.135. The molecule has 3 rings (SSSR count). The van der Waals surface area contributed by atoms with Gasteiger partial charge in [0.2, 0.25) is 0 Å². The van der Waals surface area contributed by atoms with Crippen molar-refractivity contribution in [3.05, 3.63) is 35.6 Å². The third-order valence-corrected chi connectivity index (χ3v) is 5.60. The Kier molecular flexibility index (Phi) is 6.47. The van der Waals surface area contributed by atoms with E-state index in [1.807, 2.05) is 6.92 Å². The number of hydrogen-bond acceptors (Lipinski definition) is 5. The highest BCUT2D eigenvalue weighted by Crippen LogP contribution is 2.40. The van der Waals surface area contributed by atoms with E-state index in [1.54, 1.807) is 18.2 Å². The number of carbonyl (C=O) groups excluding carboxylic acids is 1. The lowest BCUT2D eigenvalue weighted by Crippen LogP contribution is -2.47. The molecule has 0 saturated carbocycles. The molecule has 1 aromatic rings. The maximum Gasteiger partial charge on any atom is 0.312 e. The first-order valence-corrected chi connectivity index (χ1v) is 9.95. The van der Waals surface area contributed by atoms with Gasteiger partial charge in [-0.3, -0.25) is 4.79 Å². The van der Waals surface area contributed by atoms with Crippen molar-refractivity contribution in [3.63, 3.8) is 0 Å². The monoisotopic (exact) mass is 376 g/mol. The van der Waals surface area contributed by atoms with E-state index in [-0.39, 0.29) is 17.9 Å². The zero-order valence-electron chi connectivity index (χ0n) is 16.2. The minimum atomic E-state index is -0.537. The molecule has 2 aliphatic rings. The van der Waals surface area contributed by atoms with E-state index >= 15 is 0 Å². The Labute approximate surface area is 160 Å². The van der Waals surface area contributed by atoms with Crippen LogP contribution < -0.4 is 0 Å². The summed E-state index contributed by atoms with van der Waals surface area (Å²) in [5.41, 5.74) is 0.550. The number of halogens is 1. The number of esters is 1. The van der Waals surface area contributed by atoms with Crippen LogP contribution >= 0.6 is 0 Å². The van der Waals surface area contributed by atoms with Crippen LogP contribution in [0.15, 0.2) is 29.4 Å². The van der Waals surface area contributed by atoms with Gasteiger partial charge in [-0.25, -0.2) is 4.39 Å². The quantitative estimate of drug-likeness (QED) is 0.680. The number of oxime groups is 1. The highest BCUT2D eigenvalue weighted by atomic mass is 19.1. The fraction of sp³-hybridized carbons (Fsp3) is 0.619. The van der Waals surface area contributed by atoms with Crippen LogP contribution in [0.3, 0.4) is 0 Å². The van der Waals surface area contributed by atoms with Gasteiger partial charge in [-0.15, -0.1) is 0 Å². The number of likely N-dealkylation sites (tertiary alicyclic amines) is 1. The SMILES string of the molecule is CCCN1CCC(C[C@H]2CC(c3ccccc3F)=NO2)(C(=O)OCC)CC1. The fourth-order valence-electron chi connectivity index (χ4n) is 4.12. The number of carbonyl (C=O) groups is 1. The zero-order chi connectivity index (χ0) is 19.3. The maximum atomic E-state index is 14.0. The molecule has 27 heavy (non-hydrogen) atoms. The van der Waals surface area contributed by atoms with Crippen molar-refractivity contribution in [2.75, 3.05) is 26.2 Å². The minimum Gasteiger partial charge on any atom is -0.466 e. The second-order valence-corrected chi connectivity index (χ2v) is 7.50. The number of rotatable bonds is 7. The van der Waals surface area contributed by atoms with Gasteiger partial charge in [0.25, 0.3) is 0 Å². The summed E-state index contributed by atoms with van der Waals surface area (Å²) < 4.78 is 19.4. The fourth-order valence-corrected chi connectivity index (χ4v) is 4.12. The summed E-state index contributed by atoms with van der Waals surface area (Å²) in [6.45, 7) is 7.21. The number of hydrogen-bond donors (Lipinski definition) is 0. The lowest BCUT2D eigenvalue weighted by Gasteiger charge is -2.40. The van der Waals surface area contributed by atoms with E-state index in [9.17, 15) is 9.18 Å². The molecule has 0 aliphatic carbocycles. The summed E-state index contributed by atoms with van der Waals surface area (Å²) in [6.07, 6.45) is 3.50. The molecule has 1 fully saturated rings. The Hall–Kier alpha value is -1.95. The molecule has 148 valence electrons. The van der Waals surface area contributed by atoms with Crippen LogP contribution in [0, 0.1) is 11.2 Å². The summed E-state index contributed by atoms with van der Waals surface area (Å²) in [5, 5.41) is 4.11. The Balaban J connectivity index is 1.67. The lowest BCUT2D eigenvalue weighted by atomic mass is 9.73. The van der Waals surface area contributed by atoms with Gasteiger partial charge in [-0.2, -0.15) is 0 Å². The van der Waals surface area contributed by atoms with Crippen LogP contribution in [0.4, 0.5) is 4.39 Å². The van der Waals surface area contributed by atoms with Crippen LogP contribution in [0.1, 0.15) is 51.5 Å². The van der Waals surface area contributed by atoms with E-state index in [0.29, 0.717) is 30.7 Å². The number of benzene rings is 1. The van der Waals surface area contributed by atoms with Crippen molar-refractivity contribution in [2.24, 2.45) is 10.6 Å². The van der Waals surface area contributed by atoms with Gasteiger partial charge in [-0.05, 0) is 51.9 Å². The molecule has 1 atom stereocenters. The largest absolute Gasteiger partial charge is 0.466 e.